The SMILES string of the molecule is O=C(C[NH+]1CC[NH+](Cc2nc3ccccc3s2)CC1)N1CCC(c2ccccc2)=N1. The van der Waals surface area contributed by atoms with E-state index in [-0.39, 0.29) is 5.91 Å². The molecule has 5 rings (SSSR count). The lowest BCUT2D eigenvalue weighted by Crippen LogP contribution is -3.28. The fourth-order valence-corrected chi connectivity index (χ4v) is 5.33. The second-order valence-electron chi connectivity index (χ2n) is 8.11. The highest BCUT2D eigenvalue weighted by Crippen LogP contribution is 2.20. The number of thiazole rings is 1. The van der Waals surface area contributed by atoms with Gasteiger partial charge < -0.3 is 9.80 Å². The first-order chi connectivity index (χ1) is 14.7. The second-order valence-corrected chi connectivity index (χ2v) is 9.22. The van der Waals surface area contributed by atoms with Crippen molar-refractivity contribution >= 4 is 33.2 Å². The van der Waals surface area contributed by atoms with Crippen LogP contribution in [0.2, 0.25) is 0 Å². The molecule has 3 aromatic rings. The standard InChI is InChI=1S/C23H25N5OS/c29-23(28-11-10-19(25-28)18-6-2-1-3-7-18)17-27-14-12-26(13-15-27)16-22-24-20-8-4-5-9-21(20)30-22/h1-9H,10-17H2/p+2. The van der Waals surface area contributed by atoms with Crippen molar-refractivity contribution in [3.05, 3.63) is 65.2 Å². The Morgan fingerprint density at radius 3 is 2.50 bits per heavy atom. The highest BCUT2D eigenvalue weighted by Gasteiger charge is 2.29. The number of piperazine rings is 1. The normalized spacial score (nSPS) is 21.7. The largest absolute Gasteiger partial charge is 0.320 e. The Hall–Kier alpha value is -2.61. The molecule has 1 amide bonds. The lowest BCUT2D eigenvalue weighted by Gasteiger charge is -2.29. The average Bonchev–Trinajstić information content (AvgIpc) is 3.43. The van der Waals surface area contributed by atoms with Crippen molar-refractivity contribution in [3.8, 4) is 0 Å². The van der Waals surface area contributed by atoms with Gasteiger partial charge >= 0.3 is 0 Å². The molecule has 0 aliphatic carbocycles. The summed E-state index contributed by atoms with van der Waals surface area (Å²) in [4.78, 5) is 20.5. The summed E-state index contributed by atoms with van der Waals surface area (Å²) in [5.41, 5.74) is 3.24. The van der Waals surface area contributed by atoms with Crippen LogP contribution < -0.4 is 9.80 Å². The van der Waals surface area contributed by atoms with Gasteiger partial charge in [-0.1, -0.05) is 42.5 Å². The molecule has 0 radical (unpaired) electrons. The van der Waals surface area contributed by atoms with E-state index < -0.39 is 0 Å². The van der Waals surface area contributed by atoms with Crippen molar-refractivity contribution in [2.45, 2.75) is 13.0 Å². The molecule has 0 saturated carbocycles. The van der Waals surface area contributed by atoms with E-state index in [9.17, 15) is 4.79 Å². The number of benzene rings is 2. The van der Waals surface area contributed by atoms with E-state index in [4.69, 9.17) is 4.98 Å². The van der Waals surface area contributed by atoms with Gasteiger partial charge in [-0.15, -0.1) is 11.3 Å². The number of hydrogen-bond acceptors (Lipinski definition) is 4. The van der Waals surface area contributed by atoms with E-state index in [1.807, 2.05) is 24.3 Å². The van der Waals surface area contributed by atoms with Crippen molar-refractivity contribution in [2.75, 3.05) is 39.3 Å². The van der Waals surface area contributed by atoms with E-state index in [1.54, 1.807) is 21.2 Å². The summed E-state index contributed by atoms with van der Waals surface area (Å²) in [6.45, 7) is 6.43. The smallest absolute Gasteiger partial charge is 0.297 e. The number of carbonyl (C=O) groups is 1. The van der Waals surface area contributed by atoms with Crippen LogP contribution in [-0.4, -0.2) is 60.9 Å². The lowest BCUT2D eigenvalue weighted by molar-refractivity contribution is -1.02. The monoisotopic (exact) mass is 421 g/mol. The zero-order chi connectivity index (χ0) is 20.3. The van der Waals surface area contributed by atoms with Gasteiger partial charge in [0.15, 0.2) is 6.54 Å². The maximum Gasteiger partial charge on any atom is 0.297 e. The van der Waals surface area contributed by atoms with Crippen molar-refractivity contribution in [3.63, 3.8) is 0 Å². The minimum Gasteiger partial charge on any atom is -0.320 e. The Bertz CT molecular complexity index is 1020. The van der Waals surface area contributed by atoms with Gasteiger partial charge in [0.2, 0.25) is 0 Å². The minimum absolute atomic E-state index is 0.144. The molecule has 2 aromatic carbocycles. The maximum absolute atomic E-state index is 12.7. The van der Waals surface area contributed by atoms with Crippen LogP contribution >= 0.6 is 11.3 Å². The van der Waals surface area contributed by atoms with Crippen molar-refractivity contribution in [1.82, 2.24) is 9.99 Å². The summed E-state index contributed by atoms with van der Waals surface area (Å²) < 4.78 is 1.27. The third kappa shape index (κ3) is 4.28. The van der Waals surface area contributed by atoms with Gasteiger partial charge in [0, 0.05) is 6.42 Å². The molecule has 2 aliphatic rings. The maximum atomic E-state index is 12.7. The summed E-state index contributed by atoms with van der Waals surface area (Å²) in [6, 6.07) is 18.5. The van der Waals surface area contributed by atoms with E-state index in [1.165, 1.54) is 14.6 Å². The predicted molar refractivity (Wildman–Crippen MR) is 119 cm³/mol. The molecule has 3 heterocycles. The Morgan fingerprint density at radius 2 is 1.70 bits per heavy atom. The minimum atomic E-state index is 0.144. The highest BCUT2D eigenvalue weighted by molar-refractivity contribution is 7.18. The molecule has 1 aromatic heterocycles. The van der Waals surface area contributed by atoms with Gasteiger partial charge in [-0.2, -0.15) is 5.10 Å². The Labute approximate surface area is 180 Å². The third-order valence-electron chi connectivity index (χ3n) is 6.00. The van der Waals surface area contributed by atoms with Gasteiger partial charge in [-0.3, -0.25) is 4.79 Å². The number of fused-ring (bicyclic) bond motifs is 1. The van der Waals surface area contributed by atoms with Crippen molar-refractivity contribution in [1.29, 1.82) is 0 Å². The highest BCUT2D eigenvalue weighted by atomic mass is 32.1. The number of carbonyl (C=O) groups excluding carboxylic acids is 1. The summed E-state index contributed by atoms with van der Waals surface area (Å²) in [5.74, 6) is 0.144. The van der Waals surface area contributed by atoms with Crippen LogP contribution in [0.5, 0.6) is 0 Å². The van der Waals surface area contributed by atoms with Crippen LogP contribution in [-0.2, 0) is 11.3 Å². The summed E-state index contributed by atoms with van der Waals surface area (Å²) >= 11 is 1.80. The predicted octanol–water partition coefficient (Wildman–Crippen LogP) is 0.216. The molecule has 1 saturated heterocycles. The van der Waals surface area contributed by atoms with Gasteiger partial charge in [0.25, 0.3) is 5.91 Å². The van der Waals surface area contributed by atoms with Gasteiger partial charge in [-0.05, 0) is 17.7 Å². The fourth-order valence-electron chi connectivity index (χ4n) is 4.30. The zero-order valence-electron chi connectivity index (χ0n) is 17.0. The molecule has 7 heteroatoms. The molecule has 2 aliphatic heterocycles. The van der Waals surface area contributed by atoms with Crippen molar-refractivity contribution < 1.29 is 14.6 Å². The molecular formula is C23H27N5OS+2. The van der Waals surface area contributed by atoms with Gasteiger partial charge in [-0.25, -0.2) is 9.99 Å². The first kappa shape index (κ1) is 19.4. The van der Waals surface area contributed by atoms with Crippen LogP contribution in [0.1, 0.15) is 17.0 Å². The Morgan fingerprint density at radius 1 is 0.967 bits per heavy atom. The van der Waals surface area contributed by atoms with Crippen LogP contribution in [0.3, 0.4) is 0 Å². The van der Waals surface area contributed by atoms with E-state index in [0.717, 1.165) is 55.9 Å². The summed E-state index contributed by atoms with van der Waals surface area (Å²) in [7, 11) is 0. The molecule has 1 fully saturated rings. The summed E-state index contributed by atoms with van der Waals surface area (Å²) in [5, 5.41) is 7.48. The van der Waals surface area contributed by atoms with Crippen molar-refractivity contribution in [2.24, 2.45) is 5.10 Å². The number of aromatic nitrogens is 1. The number of nitrogens with zero attached hydrogens (tertiary/aromatic N) is 3. The Kier molecular flexibility index (Phi) is 5.57. The van der Waals surface area contributed by atoms with E-state index >= 15 is 0 Å². The summed E-state index contributed by atoms with van der Waals surface area (Å²) in [6.07, 6.45) is 0.838. The molecule has 30 heavy (non-hydrogen) atoms. The number of hydrazone groups is 1. The molecule has 2 N–H and O–H groups in total. The van der Waals surface area contributed by atoms with Crippen LogP contribution in [0, 0.1) is 0 Å². The topological polar surface area (TPSA) is 54.4 Å². The van der Waals surface area contributed by atoms with Crippen LogP contribution in [0.4, 0.5) is 0 Å². The average molecular weight is 422 g/mol. The molecular weight excluding hydrogens is 394 g/mol. The first-order valence-electron chi connectivity index (χ1n) is 10.7. The Balaban J connectivity index is 1.12. The quantitative estimate of drug-likeness (QED) is 0.619. The molecule has 154 valence electrons. The van der Waals surface area contributed by atoms with Crippen LogP contribution in [0.15, 0.2) is 59.7 Å². The van der Waals surface area contributed by atoms with Crippen LogP contribution in [0.25, 0.3) is 10.2 Å². The van der Waals surface area contributed by atoms with Gasteiger partial charge in [0.1, 0.15) is 37.7 Å². The number of rotatable bonds is 5. The fraction of sp³-hybridized carbons (Fsp3) is 0.348. The lowest BCUT2D eigenvalue weighted by atomic mass is 10.1. The molecule has 0 unspecified atom stereocenters. The number of amides is 1. The molecule has 0 spiro atoms. The second kappa shape index (κ2) is 8.63. The van der Waals surface area contributed by atoms with E-state index in [0.29, 0.717) is 13.1 Å². The van der Waals surface area contributed by atoms with E-state index in [2.05, 4.69) is 35.4 Å². The number of nitrogens with one attached hydrogen (secondary N) is 2. The number of quaternary nitrogens is 2. The third-order valence-corrected chi connectivity index (χ3v) is 7.04. The molecule has 0 atom stereocenters. The molecule has 6 nitrogen and oxygen atoms in total. The number of para-hydroxylation sites is 1. The molecule has 0 bridgehead atoms. The number of hydrogen-bond donors (Lipinski definition) is 2. The van der Waals surface area contributed by atoms with Gasteiger partial charge in [0.05, 0.1) is 22.5 Å². The zero-order valence-corrected chi connectivity index (χ0v) is 17.8. The first-order valence-corrected chi connectivity index (χ1v) is 11.5.